The Labute approximate surface area is 209 Å². The summed E-state index contributed by atoms with van der Waals surface area (Å²) >= 11 is 0. The van der Waals surface area contributed by atoms with Crippen LogP contribution in [0.3, 0.4) is 0 Å². The fraction of sp³-hybridized carbons (Fsp3) is 0.333. The molecule has 0 bridgehead atoms. The summed E-state index contributed by atoms with van der Waals surface area (Å²) in [5.74, 6) is 0.353. The number of methoxy groups -OCH3 is 2. The summed E-state index contributed by atoms with van der Waals surface area (Å²) in [6, 6.07) is 12.6. The van der Waals surface area contributed by atoms with Crippen LogP contribution >= 0.6 is 0 Å². The quantitative estimate of drug-likeness (QED) is 0.447. The van der Waals surface area contributed by atoms with Crippen LogP contribution in [0.15, 0.2) is 59.7 Å². The number of carbonyl (C=O) groups excluding carboxylic acids is 2. The lowest BCUT2D eigenvalue weighted by atomic mass is 10.1. The minimum atomic E-state index is -0.584. The van der Waals surface area contributed by atoms with Crippen molar-refractivity contribution in [3.63, 3.8) is 0 Å². The van der Waals surface area contributed by atoms with E-state index in [2.05, 4.69) is 4.98 Å². The normalized spacial score (nSPS) is 12.9. The van der Waals surface area contributed by atoms with Crippen LogP contribution in [-0.4, -0.2) is 53.6 Å². The van der Waals surface area contributed by atoms with Crippen molar-refractivity contribution in [3.8, 4) is 11.5 Å². The van der Waals surface area contributed by atoms with E-state index in [9.17, 15) is 14.4 Å². The highest BCUT2D eigenvalue weighted by molar-refractivity contribution is 5.93. The Bertz CT molecular complexity index is 1270. The molecule has 188 valence electrons. The third-order valence-corrected chi connectivity index (χ3v) is 6.24. The Hall–Kier alpha value is -4.14. The van der Waals surface area contributed by atoms with Gasteiger partial charge in [0.2, 0.25) is 5.91 Å². The van der Waals surface area contributed by atoms with Gasteiger partial charge in [-0.2, -0.15) is 0 Å². The van der Waals surface area contributed by atoms with E-state index in [0.29, 0.717) is 38.0 Å². The number of aromatic nitrogens is 2. The van der Waals surface area contributed by atoms with Gasteiger partial charge in [-0.25, -0.2) is 4.79 Å². The largest absolute Gasteiger partial charge is 0.497 e. The second-order valence-electron chi connectivity index (χ2n) is 8.44. The Morgan fingerprint density at radius 1 is 1.03 bits per heavy atom. The first-order chi connectivity index (χ1) is 17.5. The van der Waals surface area contributed by atoms with Crippen molar-refractivity contribution >= 4 is 11.9 Å². The van der Waals surface area contributed by atoms with Gasteiger partial charge < -0.3 is 23.7 Å². The second-order valence-corrected chi connectivity index (χ2v) is 8.44. The highest BCUT2D eigenvalue weighted by Crippen LogP contribution is 2.25. The maximum Gasteiger partial charge on any atom is 0.343 e. The van der Waals surface area contributed by atoms with Crippen molar-refractivity contribution in [1.29, 1.82) is 0 Å². The van der Waals surface area contributed by atoms with Gasteiger partial charge in [-0.1, -0.05) is 18.2 Å². The van der Waals surface area contributed by atoms with E-state index >= 15 is 0 Å². The van der Waals surface area contributed by atoms with Gasteiger partial charge in [-0.05, 0) is 30.2 Å². The van der Waals surface area contributed by atoms with E-state index in [4.69, 9.17) is 14.2 Å². The molecule has 0 fully saturated rings. The number of nitrogens with zero attached hydrogens (tertiary/aromatic N) is 3. The number of fused-ring (bicyclic) bond motifs is 1. The molecule has 36 heavy (non-hydrogen) atoms. The lowest BCUT2D eigenvalue weighted by Gasteiger charge is -2.20. The average molecular weight is 492 g/mol. The number of esters is 1. The fourth-order valence-electron chi connectivity index (χ4n) is 4.28. The third-order valence-electron chi connectivity index (χ3n) is 6.24. The molecule has 0 spiro atoms. The molecule has 4 rings (SSSR count). The molecule has 9 nitrogen and oxygen atoms in total. The first kappa shape index (κ1) is 25.0. The molecule has 0 unspecified atom stereocenters. The minimum absolute atomic E-state index is 0.000609. The fourth-order valence-corrected chi connectivity index (χ4v) is 4.28. The molecule has 0 radical (unpaired) electrons. The zero-order valence-electron chi connectivity index (χ0n) is 20.4. The van der Waals surface area contributed by atoms with E-state index in [1.165, 1.54) is 13.2 Å². The van der Waals surface area contributed by atoms with Crippen LogP contribution in [0.1, 0.15) is 33.6 Å². The predicted octanol–water partition coefficient (Wildman–Crippen LogP) is 2.64. The highest BCUT2D eigenvalue weighted by Gasteiger charge is 2.27. The van der Waals surface area contributed by atoms with Crippen LogP contribution in [0.2, 0.25) is 0 Å². The highest BCUT2D eigenvalue weighted by atomic mass is 16.5. The number of amides is 1. The molecule has 1 aromatic carbocycles. The van der Waals surface area contributed by atoms with E-state index in [1.807, 2.05) is 30.3 Å². The molecule has 3 heterocycles. The molecule has 9 heteroatoms. The molecule has 1 amide bonds. The van der Waals surface area contributed by atoms with Gasteiger partial charge >= 0.3 is 5.97 Å². The average Bonchev–Trinajstić information content (AvgIpc) is 3.15. The van der Waals surface area contributed by atoms with Crippen LogP contribution in [0, 0.1) is 0 Å². The van der Waals surface area contributed by atoms with Crippen molar-refractivity contribution in [3.05, 3.63) is 87.6 Å². The number of carbonyl (C=O) groups is 2. The predicted molar refractivity (Wildman–Crippen MR) is 132 cm³/mol. The molecule has 0 saturated heterocycles. The standard InChI is InChI=1S/C27H29N3O6/c1-34-21-8-5-19(6-9-21)7-10-24(31)29-13-11-22-26(27(33)35-2)23(16-25(32)30(22)15-14-29)36-18-20-4-3-12-28-17-20/h3-6,8-9,12,16-17H,7,10-11,13-15,18H2,1-2H3. The molecule has 0 atom stereocenters. The van der Waals surface area contributed by atoms with E-state index in [-0.39, 0.29) is 35.9 Å². The maximum atomic E-state index is 13.0. The lowest BCUT2D eigenvalue weighted by molar-refractivity contribution is -0.131. The van der Waals surface area contributed by atoms with Crippen LogP contribution < -0.4 is 15.0 Å². The molecule has 3 aromatic rings. The number of aryl methyl sites for hydroxylation is 1. The lowest BCUT2D eigenvalue weighted by Crippen LogP contribution is -2.34. The molecule has 1 aliphatic heterocycles. The van der Waals surface area contributed by atoms with Crippen LogP contribution in [0.4, 0.5) is 0 Å². The summed E-state index contributed by atoms with van der Waals surface area (Å²) in [6.07, 6.45) is 4.59. The summed E-state index contributed by atoms with van der Waals surface area (Å²) in [7, 11) is 2.91. The van der Waals surface area contributed by atoms with Crippen molar-refractivity contribution in [2.75, 3.05) is 27.3 Å². The molecule has 1 aliphatic rings. The number of pyridine rings is 2. The van der Waals surface area contributed by atoms with Gasteiger partial charge in [0, 0.05) is 62.2 Å². The smallest absolute Gasteiger partial charge is 0.343 e. The number of ether oxygens (including phenoxy) is 3. The van der Waals surface area contributed by atoms with E-state index < -0.39 is 5.97 Å². The molecular formula is C27H29N3O6. The van der Waals surface area contributed by atoms with Gasteiger partial charge in [-0.3, -0.25) is 14.6 Å². The second kappa shape index (κ2) is 11.5. The molecule has 0 aliphatic carbocycles. The summed E-state index contributed by atoms with van der Waals surface area (Å²) in [5.41, 5.74) is 2.29. The van der Waals surface area contributed by atoms with Gasteiger partial charge in [0.25, 0.3) is 5.56 Å². The molecule has 0 saturated carbocycles. The summed E-state index contributed by atoms with van der Waals surface area (Å²) in [5, 5.41) is 0. The summed E-state index contributed by atoms with van der Waals surface area (Å²) < 4.78 is 17.6. The number of rotatable bonds is 8. The maximum absolute atomic E-state index is 13.0. The topological polar surface area (TPSA) is 100.0 Å². The number of hydrogen-bond donors (Lipinski definition) is 0. The van der Waals surface area contributed by atoms with Gasteiger partial charge in [0.15, 0.2) is 0 Å². The monoisotopic (exact) mass is 491 g/mol. The molecule has 2 aromatic heterocycles. The minimum Gasteiger partial charge on any atom is -0.497 e. The van der Waals surface area contributed by atoms with Crippen LogP contribution in [0.5, 0.6) is 11.5 Å². The zero-order valence-corrected chi connectivity index (χ0v) is 20.4. The van der Waals surface area contributed by atoms with Gasteiger partial charge in [-0.15, -0.1) is 0 Å². The van der Waals surface area contributed by atoms with Gasteiger partial charge in [0.05, 0.1) is 14.2 Å². The molecule has 0 N–H and O–H groups in total. The van der Waals surface area contributed by atoms with Crippen LogP contribution in [-0.2, 0) is 35.5 Å². The van der Waals surface area contributed by atoms with Gasteiger partial charge in [0.1, 0.15) is 23.7 Å². The SMILES string of the molecule is COC(=O)c1c(OCc2cccnc2)cc(=O)n2c1CCN(C(=O)CCc1ccc(OC)cc1)CC2. The molecular weight excluding hydrogens is 462 g/mol. The van der Waals surface area contributed by atoms with Crippen molar-refractivity contribution < 1.29 is 23.8 Å². The Balaban J connectivity index is 1.50. The first-order valence-corrected chi connectivity index (χ1v) is 11.8. The van der Waals surface area contributed by atoms with E-state index in [0.717, 1.165) is 16.9 Å². The third kappa shape index (κ3) is 5.73. The number of hydrogen-bond acceptors (Lipinski definition) is 7. The van der Waals surface area contributed by atoms with Crippen LogP contribution in [0.25, 0.3) is 0 Å². The Morgan fingerprint density at radius 3 is 2.53 bits per heavy atom. The summed E-state index contributed by atoms with van der Waals surface area (Å²) in [4.78, 5) is 44.5. The number of benzene rings is 1. The first-order valence-electron chi connectivity index (χ1n) is 11.8. The Kier molecular flexibility index (Phi) is 7.99. The van der Waals surface area contributed by atoms with Crippen molar-refractivity contribution in [1.82, 2.24) is 14.5 Å². The van der Waals surface area contributed by atoms with E-state index in [1.54, 1.807) is 35.0 Å². The summed E-state index contributed by atoms with van der Waals surface area (Å²) in [6.45, 7) is 1.20. The Morgan fingerprint density at radius 2 is 1.83 bits per heavy atom. The van der Waals surface area contributed by atoms with Crippen molar-refractivity contribution in [2.24, 2.45) is 0 Å². The zero-order chi connectivity index (χ0) is 25.5. The van der Waals surface area contributed by atoms with Crippen molar-refractivity contribution in [2.45, 2.75) is 32.4 Å².